The molecule has 210 valence electrons. The first-order valence-electron chi connectivity index (χ1n) is 12.5. The molecule has 42 heavy (non-hydrogen) atoms. The van der Waals surface area contributed by atoms with Crippen LogP contribution >= 0.6 is 46.7 Å². The predicted octanol–water partition coefficient (Wildman–Crippen LogP) is 8.26. The number of para-hydroxylation sites is 1. The number of halogens is 2. The third-order valence-electron chi connectivity index (χ3n) is 6.52. The highest BCUT2D eigenvalue weighted by atomic mass is 35.5. The molecular formula is C30H20Cl2N4O4S2. The summed E-state index contributed by atoms with van der Waals surface area (Å²) in [6, 6.07) is 28.0. The van der Waals surface area contributed by atoms with Crippen LogP contribution in [0, 0.1) is 10.1 Å². The van der Waals surface area contributed by atoms with Crippen molar-refractivity contribution >= 4 is 80.8 Å². The zero-order valence-corrected chi connectivity index (χ0v) is 25.0. The van der Waals surface area contributed by atoms with Gasteiger partial charge in [0.2, 0.25) is 4.33 Å². The van der Waals surface area contributed by atoms with Crippen molar-refractivity contribution in [2.45, 2.75) is 4.33 Å². The number of ether oxygens (including phenoxy) is 1. The molecule has 0 saturated carbocycles. The van der Waals surface area contributed by atoms with Crippen molar-refractivity contribution in [3.05, 3.63) is 133 Å². The van der Waals surface area contributed by atoms with Crippen molar-refractivity contribution in [1.29, 1.82) is 0 Å². The van der Waals surface area contributed by atoms with Crippen LogP contribution in [0.1, 0.15) is 11.1 Å². The summed E-state index contributed by atoms with van der Waals surface area (Å²) in [5.74, 6) is 0.485. The molecule has 0 aromatic heterocycles. The second-order valence-electron chi connectivity index (χ2n) is 9.13. The number of thioether (sulfide) groups is 2. The zero-order valence-electron chi connectivity index (χ0n) is 21.8. The number of methoxy groups -OCH3 is 1. The van der Waals surface area contributed by atoms with Crippen LogP contribution in [0.25, 0.3) is 6.08 Å². The molecule has 0 bridgehead atoms. The summed E-state index contributed by atoms with van der Waals surface area (Å²) in [5.41, 5.74) is 2.62. The first kappa shape index (κ1) is 28.2. The van der Waals surface area contributed by atoms with Crippen LogP contribution in [0.4, 0.5) is 17.1 Å². The summed E-state index contributed by atoms with van der Waals surface area (Å²) in [7, 11) is 1.60. The maximum Gasteiger partial charge on any atom is 0.269 e. The highest BCUT2D eigenvalue weighted by Crippen LogP contribution is 2.60. The lowest BCUT2D eigenvalue weighted by molar-refractivity contribution is -0.384. The number of nitro benzene ring substituents is 1. The Morgan fingerprint density at radius 1 is 0.929 bits per heavy atom. The number of non-ortho nitro benzene ring substituents is 1. The third kappa shape index (κ3) is 5.11. The van der Waals surface area contributed by atoms with Gasteiger partial charge in [-0.1, -0.05) is 65.3 Å². The van der Waals surface area contributed by atoms with Gasteiger partial charge in [-0.15, -0.1) is 0 Å². The van der Waals surface area contributed by atoms with Gasteiger partial charge in [0.25, 0.3) is 11.6 Å². The van der Waals surface area contributed by atoms with Crippen molar-refractivity contribution < 1.29 is 14.5 Å². The minimum Gasteiger partial charge on any atom is -0.497 e. The Bertz CT molecular complexity index is 1750. The first-order chi connectivity index (χ1) is 20.3. The smallest absolute Gasteiger partial charge is 0.269 e. The van der Waals surface area contributed by atoms with Crippen molar-refractivity contribution in [2.75, 3.05) is 17.0 Å². The Balaban J connectivity index is 1.52. The van der Waals surface area contributed by atoms with E-state index in [-0.39, 0.29) is 11.6 Å². The lowest BCUT2D eigenvalue weighted by Crippen LogP contribution is -2.51. The summed E-state index contributed by atoms with van der Waals surface area (Å²) in [4.78, 5) is 27.4. The molecule has 2 heterocycles. The average Bonchev–Trinajstić information content (AvgIpc) is 3.49. The van der Waals surface area contributed by atoms with Gasteiger partial charge in [0.05, 0.1) is 27.6 Å². The molecule has 0 N–H and O–H groups in total. The highest BCUT2D eigenvalue weighted by Gasteiger charge is 2.59. The number of hydrazone groups is 1. The topological polar surface area (TPSA) is 88.3 Å². The lowest BCUT2D eigenvalue weighted by atomic mass is 10.2. The zero-order chi connectivity index (χ0) is 29.4. The van der Waals surface area contributed by atoms with E-state index in [1.54, 1.807) is 47.4 Å². The molecule has 0 aliphatic carbocycles. The molecule has 1 unspecified atom stereocenters. The minimum absolute atomic E-state index is 0.0558. The molecule has 1 fully saturated rings. The highest BCUT2D eigenvalue weighted by molar-refractivity contribution is 8.28. The fourth-order valence-electron chi connectivity index (χ4n) is 4.53. The SMILES string of the molecule is COc1ccc(C=C2SC3(SC(c4ccc(Cl)cc4Cl)=NN3c3ccc([N+](=O)[O-])cc3)N(c3ccccc3)C2=O)cc1. The van der Waals surface area contributed by atoms with Crippen molar-refractivity contribution in [2.24, 2.45) is 5.10 Å². The van der Waals surface area contributed by atoms with Gasteiger partial charge < -0.3 is 4.74 Å². The van der Waals surface area contributed by atoms with Crippen LogP contribution in [0.15, 0.2) is 107 Å². The number of amides is 1. The fourth-order valence-corrected chi connectivity index (χ4v) is 8.10. The monoisotopic (exact) mass is 634 g/mol. The molecule has 1 amide bonds. The summed E-state index contributed by atoms with van der Waals surface area (Å²) < 4.78 is 4.12. The van der Waals surface area contributed by atoms with Crippen molar-refractivity contribution in [3.63, 3.8) is 0 Å². The van der Waals surface area contributed by atoms with E-state index in [9.17, 15) is 14.9 Å². The second-order valence-corrected chi connectivity index (χ2v) is 12.6. The van der Waals surface area contributed by atoms with Gasteiger partial charge in [-0.25, -0.2) is 5.01 Å². The van der Waals surface area contributed by atoms with E-state index >= 15 is 0 Å². The van der Waals surface area contributed by atoms with Crippen LogP contribution in [0.2, 0.25) is 10.0 Å². The Labute approximate surface area is 259 Å². The van der Waals surface area contributed by atoms with Gasteiger partial charge in [-0.2, -0.15) is 5.10 Å². The number of carbonyl (C=O) groups is 1. The van der Waals surface area contributed by atoms with Crippen LogP contribution in [0.3, 0.4) is 0 Å². The van der Waals surface area contributed by atoms with E-state index in [1.807, 2.05) is 60.7 Å². The van der Waals surface area contributed by atoms with E-state index in [0.717, 1.165) is 5.56 Å². The van der Waals surface area contributed by atoms with E-state index < -0.39 is 9.25 Å². The third-order valence-corrected chi connectivity index (χ3v) is 9.82. The van der Waals surface area contributed by atoms with Crippen LogP contribution < -0.4 is 14.6 Å². The molecule has 2 aliphatic heterocycles. The van der Waals surface area contributed by atoms with Crippen LogP contribution in [0.5, 0.6) is 5.75 Å². The largest absolute Gasteiger partial charge is 0.497 e. The maximum atomic E-state index is 14.3. The Hall–Kier alpha value is -3.96. The summed E-state index contributed by atoms with van der Waals surface area (Å²) in [6.07, 6.45) is 1.83. The molecule has 2 aliphatic rings. The number of benzene rings is 4. The van der Waals surface area contributed by atoms with Crippen LogP contribution in [-0.4, -0.2) is 27.3 Å². The molecule has 0 radical (unpaired) electrons. The molecule has 1 spiro atoms. The molecule has 1 saturated heterocycles. The second kappa shape index (κ2) is 11.4. The van der Waals surface area contributed by atoms with Crippen molar-refractivity contribution in [3.8, 4) is 5.75 Å². The summed E-state index contributed by atoms with van der Waals surface area (Å²) in [5, 5.41) is 19.5. The Morgan fingerprint density at radius 2 is 1.64 bits per heavy atom. The standard InChI is InChI=1S/C30H20Cl2N4O4S2/c1-40-24-14-7-19(8-15-24)17-27-29(37)34(21-5-3-2-4-6-21)30(41-27)35(22-10-12-23(13-11-22)36(38)39)33-28(42-30)25-16-9-20(31)18-26(25)32/h2-18H,1H3. The molecule has 1 atom stereocenters. The molecule has 8 nitrogen and oxygen atoms in total. The molecule has 6 rings (SSSR count). The van der Waals surface area contributed by atoms with E-state index in [0.29, 0.717) is 42.7 Å². The fraction of sp³-hybridized carbons (Fsp3) is 0.0667. The van der Waals surface area contributed by atoms with E-state index in [2.05, 4.69) is 0 Å². The number of nitro groups is 1. The number of rotatable bonds is 6. The number of anilines is 2. The number of hydrogen-bond acceptors (Lipinski definition) is 8. The van der Waals surface area contributed by atoms with Gasteiger partial charge in [-0.05, 0) is 78.0 Å². The lowest BCUT2D eigenvalue weighted by Gasteiger charge is -2.38. The minimum atomic E-state index is -1.16. The van der Waals surface area contributed by atoms with Gasteiger partial charge in [0, 0.05) is 28.4 Å². The van der Waals surface area contributed by atoms with E-state index in [1.165, 1.54) is 35.7 Å². The van der Waals surface area contributed by atoms with Crippen LogP contribution in [-0.2, 0) is 4.79 Å². The van der Waals surface area contributed by atoms with Gasteiger partial charge in [0.1, 0.15) is 10.8 Å². The van der Waals surface area contributed by atoms with E-state index in [4.69, 9.17) is 33.0 Å². The van der Waals surface area contributed by atoms with Crippen molar-refractivity contribution in [1.82, 2.24) is 0 Å². The first-order valence-corrected chi connectivity index (χ1v) is 14.9. The Morgan fingerprint density at radius 3 is 2.29 bits per heavy atom. The molecule has 12 heteroatoms. The number of hydrogen-bond donors (Lipinski definition) is 0. The molecule has 4 aromatic carbocycles. The molecular weight excluding hydrogens is 615 g/mol. The summed E-state index contributed by atoms with van der Waals surface area (Å²) >= 11 is 15.5. The predicted molar refractivity (Wildman–Crippen MR) is 171 cm³/mol. The van der Waals surface area contributed by atoms with Gasteiger partial charge in [0.15, 0.2) is 0 Å². The molecule has 4 aromatic rings. The average molecular weight is 636 g/mol. The number of nitrogens with zero attached hydrogens (tertiary/aromatic N) is 4. The van der Waals surface area contributed by atoms with Gasteiger partial charge >= 0.3 is 0 Å². The van der Waals surface area contributed by atoms with Gasteiger partial charge in [-0.3, -0.25) is 19.8 Å². The normalized spacial score (nSPS) is 19.1. The Kier molecular flexibility index (Phi) is 7.63. The maximum absolute atomic E-state index is 14.3. The number of carbonyl (C=O) groups excluding carboxylic acids is 1. The summed E-state index contributed by atoms with van der Waals surface area (Å²) in [6.45, 7) is 0. The quantitative estimate of drug-likeness (QED) is 0.120.